The average molecular weight is 182 g/mol. The molecule has 0 bridgehead atoms. The van der Waals surface area contributed by atoms with Gasteiger partial charge in [0.2, 0.25) is 0 Å². The van der Waals surface area contributed by atoms with Gasteiger partial charge in [-0.25, -0.2) is 0 Å². The van der Waals surface area contributed by atoms with Gasteiger partial charge in [0, 0.05) is 0 Å². The highest BCUT2D eigenvalue weighted by molar-refractivity contribution is 5.75. The van der Waals surface area contributed by atoms with Gasteiger partial charge in [-0.3, -0.25) is 10.6 Å². The van der Waals surface area contributed by atoms with Crippen LogP contribution in [0, 0.1) is 0 Å². The number of aliphatic carboxylic acids is 1. The third-order valence-corrected chi connectivity index (χ3v) is 1.61. The molecule has 0 saturated carbocycles. The molecule has 0 unspecified atom stereocenters. The first-order chi connectivity index (χ1) is 6.15. The Morgan fingerprint density at radius 2 is 2.23 bits per heavy atom. The lowest BCUT2D eigenvalue weighted by atomic mass is 10.1. The Morgan fingerprint density at radius 1 is 1.54 bits per heavy atom. The highest BCUT2D eigenvalue weighted by atomic mass is 16.4. The number of nitrogens with two attached hydrogens (primary N) is 1. The van der Waals surface area contributed by atoms with Crippen molar-refractivity contribution < 1.29 is 15.0 Å². The SMILES string of the molecule is NNc1c(O)cccc1CC(=O)O. The number of phenols is 1. The minimum absolute atomic E-state index is 0.0544. The fraction of sp³-hybridized carbons (Fsp3) is 0.125. The number of nitrogen functional groups attached to an aromatic ring is 1. The van der Waals surface area contributed by atoms with E-state index in [1.54, 1.807) is 12.1 Å². The average Bonchev–Trinajstić information content (AvgIpc) is 2.03. The molecule has 0 radical (unpaired) electrons. The van der Waals surface area contributed by atoms with Gasteiger partial charge in [0.15, 0.2) is 0 Å². The largest absolute Gasteiger partial charge is 0.506 e. The maximum Gasteiger partial charge on any atom is 0.307 e. The second-order valence-electron chi connectivity index (χ2n) is 2.53. The number of hydrogen-bond donors (Lipinski definition) is 4. The summed E-state index contributed by atoms with van der Waals surface area (Å²) in [6, 6.07) is 4.58. The molecule has 1 aromatic carbocycles. The topological polar surface area (TPSA) is 95.6 Å². The second kappa shape index (κ2) is 3.77. The maximum atomic E-state index is 10.4. The predicted molar refractivity (Wildman–Crippen MR) is 47.3 cm³/mol. The molecule has 0 saturated heterocycles. The van der Waals surface area contributed by atoms with Crippen molar-refractivity contribution in [1.82, 2.24) is 0 Å². The summed E-state index contributed by atoms with van der Waals surface area (Å²) in [6.45, 7) is 0. The summed E-state index contributed by atoms with van der Waals surface area (Å²) in [7, 11) is 0. The van der Waals surface area contributed by atoms with Crippen molar-refractivity contribution in [3.63, 3.8) is 0 Å². The lowest BCUT2D eigenvalue weighted by molar-refractivity contribution is -0.136. The van der Waals surface area contributed by atoms with E-state index in [1.165, 1.54) is 6.07 Å². The van der Waals surface area contributed by atoms with E-state index < -0.39 is 5.97 Å². The van der Waals surface area contributed by atoms with Crippen molar-refractivity contribution in [2.45, 2.75) is 6.42 Å². The zero-order chi connectivity index (χ0) is 9.84. The Balaban J connectivity index is 3.05. The number of aromatic hydroxyl groups is 1. The van der Waals surface area contributed by atoms with Crippen LogP contribution in [0.1, 0.15) is 5.56 Å². The van der Waals surface area contributed by atoms with Crippen molar-refractivity contribution in [2.75, 3.05) is 5.43 Å². The summed E-state index contributed by atoms with van der Waals surface area (Å²) < 4.78 is 0. The van der Waals surface area contributed by atoms with E-state index in [-0.39, 0.29) is 17.9 Å². The number of phenolic OH excluding ortho intramolecular Hbond substituents is 1. The Labute approximate surface area is 74.8 Å². The van der Waals surface area contributed by atoms with E-state index in [2.05, 4.69) is 5.43 Å². The third-order valence-electron chi connectivity index (χ3n) is 1.61. The van der Waals surface area contributed by atoms with E-state index in [4.69, 9.17) is 10.9 Å². The molecule has 0 fully saturated rings. The molecule has 5 N–H and O–H groups in total. The number of hydrazine groups is 1. The van der Waals surface area contributed by atoms with Gasteiger partial charge >= 0.3 is 5.97 Å². The number of carboxylic acids is 1. The third kappa shape index (κ3) is 2.09. The van der Waals surface area contributed by atoms with Crippen molar-refractivity contribution in [1.29, 1.82) is 0 Å². The Morgan fingerprint density at radius 3 is 2.77 bits per heavy atom. The number of rotatable bonds is 3. The molecule has 0 heterocycles. The van der Waals surface area contributed by atoms with Gasteiger partial charge in [-0.15, -0.1) is 0 Å². The standard InChI is InChI=1S/C8H10N2O3/c9-10-8-5(4-7(12)13)2-1-3-6(8)11/h1-3,10-11H,4,9H2,(H,12,13). The van der Waals surface area contributed by atoms with Gasteiger partial charge in [0.05, 0.1) is 12.1 Å². The van der Waals surface area contributed by atoms with Gasteiger partial charge in [-0.05, 0) is 11.6 Å². The minimum atomic E-state index is -0.970. The van der Waals surface area contributed by atoms with Gasteiger partial charge in [0.1, 0.15) is 5.75 Å². The van der Waals surface area contributed by atoms with Crippen molar-refractivity contribution in [3.8, 4) is 5.75 Å². The predicted octanol–water partition coefficient (Wildman–Crippen LogP) is 0.305. The summed E-state index contributed by atoms with van der Waals surface area (Å²) in [5.74, 6) is 4.10. The fourth-order valence-electron chi connectivity index (χ4n) is 1.06. The van der Waals surface area contributed by atoms with Crippen LogP contribution in [0.5, 0.6) is 5.75 Å². The van der Waals surface area contributed by atoms with Crippen LogP contribution in [0.25, 0.3) is 0 Å². The number of hydrogen-bond acceptors (Lipinski definition) is 4. The molecule has 0 aliphatic rings. The molecule has 0 atom stereocenters. The summed E-state index contributed by atoms with van der Waals surface area (Å²) in [5, 5.41) is 17.8. The first kappa shape index (κ1) is 9.34. The van der Waals surface area contributed by atoms with Crippen molar-refractivity contribution in [3.05, 3.63) is 23.8 Å². The number of carboxylic acid groups (broad SMARTS) is 1. The molecule has 5 nitrogen and oxygen atoms in total. The molecule has 0 amide bonds. The van der Waals surface area contributed by atoms with Crippen LogP contribution in [0.4, 0.5) is 5.69 Å². The number of anilines is 1. The molecule has 13 heavy (non-hydrogen) atoms. The van der Waals surface area contributed by atoms with E-state index >= 15 is 0 Å². The molecular formula is C8H10N2O3. The first-order valence-electron chi connectivity index (χ1n) is 3.64. The molecule has 1 aromatic rings. The zero-order valence-electron chi connectivity index (χ0n) is 6.82. The molecule has 70 valence electrons. The summed E-state index contributed by atoms with van der Waals surface area (Å²) in [4.78, 5) is 10.4. The number of benzene rings is 1. The Hall–Kier alpha value is -1.75. The Kier molecular flexibility index (Phi) is 2.71. The van der Waals surface area contributed by atoms with Gasteiger partial charge in [-0.2, -0.15) is 0 Å². The number of para-hydroxylation sites is 1. The maximum absolute atomic E-state index is 10.4. The fourth-order valence-corrected chi connectivity index (χ4v) is 1.06. The molecule has 5 heteroatoms. The van der Waals surface area contributed by atoms with Crippen molar-refractivity contribution in [2.24, 2.45) is 5.84 Å². The first-order valence-corrected chi connectivity index (χ1v) is 3.64. The molecule has 0 spiro atoms. The highest BCUT2D eigenvalue weighted by Crippen LogP contribution is 2.26. The lowest BCUT2D eigenvalue weighted by Crippen LogP contribution is -2.11. The van der Waals surface area contributed by atoms with Gasteiger partial charge in [0.25, 0.3) is 0 Å². The molecule has 0 aliphatic heterocycles. The summed E-state index contributed by atoms with van der Waals surface area (Å²) >= 11 is 0. The molecule has 1 rings (SSSR count). The van der Waals surface area contributed by atoms with E-state index in [0.717, 1.165) is 0 Å². The monoisotopic (exact) mass is 182 g/mol. The highest BCUT2D eigenvalue weighted by Gasteiger charge is 2.08. The number of carbonyl (C=O) groups is 1. The molecule has 0 aromatic heterocycles. The minimum Gasteiger partial charge on any atom is -0.506 e. The van der Waals surface area contributed by atoms with Crippen LogP contribution in [-0.4, -0.2) is 16.2 Å². The van der Waals surface area contributed by atoms with Gasteiger partial charge in [-0.1, -0.05) is 12.1 Å². The van der Waals surface area contributed by atoms with Crippen LogP contribution in [0.3, 0.4) is 0 Å². The Bertz CT molecular complexity index is 325. The number of nitrogens with one attached hydrogen (secondary N) is 1. The molecular weight excluding hydrogens is 172 g/mol. The van der Waals surface area contributed by atoms with Crippen LogP contribution >= 0.6 is 0 Å². The van der Waals surface area contributed by atoms with Crippen LogP contribution in [-0.2, 0) is 11.2 Å². The van der Waals surface area contributed by atoms with Crippen LogP contribution in [0.2, 0.25) is 0 Å². The summed E-state index contributed by atoms with van der Waals surface area (Å²) in [5.41, 5.74) is 2.96. The summed E-state index contributed by atoms with van der Waals surface area (Å²) in [6.07, 6.45) is -0.173. The van der Waals surface area contributed by atoms with Crippen LogP contribution < -0.4 is 11.3 Å². The zero-order valence-corrected chi connectivity index (χ0v) is 6.82. The van der Waals surface area contributed by atoms with Crippen LogP contribution in [0.15, 0.2) is 18.2 Å². The van der Waals surface area contributed by atoms with Crippen molar-refractivity contribution >= 4 is 11.7 Å². The quantitative estimate of drug-likeness (QED) is 0.306. The van der Waals surface area contributed by atoms with E-state index in [1.807, 2.05) is 0 Å². The lowest BCUT2D eigenvalue weighted by Gasteiger charge is -2.08. The van der Waals surface area contributed by atoms with Gasteiger partial charge < -0.3 is 15.6 Å². The smallest absolute Gasteiger partial charge is 0.307 e. The second-order valence-corrected chi connectivity index (χ2v) is 2.53. The normalized spacial score (nSPS) is 9.62. The van der Waals surface area contributed by atoms with E-state index in [0.29, 0.717) is 5.56 Å². The molecule has 0 aliphatic carbocycles. The van der Waals surface area contributed by atoms with E-state index in [9.17, 15) is 9.90 Å².